The molecule has 1 aromatic carbocycles. The number of anilines is 1. The number of rotatable bonds is 4. The lowest BCUT2D eigenvalue weighted by Gasteiger charge is -2.48. The van der Waals surface area contributed by atoms with E-state index in [1.54, 1.807) is 6.07 Å². The lowest BCUT2D eigenvalue weighted by molar-refractivity contribution is -0.0519. The maximum Gasteiger partial charge on any atom is 0.387 e. The van der Waals surface area contributed by atoms with Crippen molar-refractivity contribution in [1.82, 2.24) is 5.32 Å². The Labute approximate surface area is 139 Å². The third-order valence-electron chi connectivity index (χ3n) is 4.88. The molecule has 1 N–H and O–H groups in total. The molecule has 1 heterocycles. The molecule has 3 rings (SSSR count). The highest BCUT2D eigenvalue weighted by molar-refractivity contribution is 5.55. The summed E-state index contributed by atoms with van der Waals surface area (Å²) in [5, 5.41) is 3.58. The minimum atomic E-state index is -3.12. The average molecular weight is 346 g/mol. The van der Waals surface area contributed by atoms with E-state index in [0.29, 0.717) is 18.3 Å². The van der Waals surface area contributed by atoms with E-state index in [1.165, 1.54) is 12.1 Å². The van der Waals surface area contributed by atoms with E-state index in [-0.39, 0.29) is 12.1 Å². The van der Waals surface area contributed by atoms with Gasteiger partial charge in [0.25, 0.3) is 6.43 Å². The normalized spacial score (nSPS) is 27.5. The summed E-state index contributed by atoms with van der Waals surface area (Å²) in [5.41, 5.74) is 0.170. The fourth-order valence-corrected chi connectivity index (χ4v) is 3.91. The van der Waals surface area contributed by atoms with Crippen LogP contribution in [0.2, 0.25) is 0 Å². The molecular weight excluding hydrogens is 324 g/mol. The smallest absolute Gasteiger partial charge is 0.387 e. The molecule has 3 nitrogen and oxygen atoms in total. The fourth-order valence-electron chi connectivity index (χ4n) is 3.91. The number of nitrogens with zero attached hydrogens (tertiary/aromatic N) is 1. The number of alkyl halides is 4. The monoisotopic (exact) mass is 346 g/mol. The quantitative estimate of drug-likeness (QED) is 0.821. The zero-order valence-corrected chi connectivity index (χ0v) is 13.5. The SMILES string of the molecule is C[C@H]1CN(c2ccc(OC(F)F)c(C(F)F)c2)[C@@H]2CCCC[C@H]2N1. The lowest BCUT2D eigenvalue weighted by Crippen LogP contribution is -2.62. The zero-order chi connectivity index (χ0) is 17.3. The molecule has 0 bridgehead atoms. The largest absolute Gasteiger partial charge is 0.434 e. The van der Waals surface area contributed by atoms with Gasteiger partial charge >= 0.3 is 6.61 Å². The molecule has 2 aliphatic rings. The van der Waals surface area contributed by atoms with Crippen molar-refractivity contribution in [3.8, 4) is 5.75 Å². The highest BCUT2D eigenvalue weighted by atomic mass is 19.3. The van der Waals surface area contributed by atoms with Crippen LogP contribution in [0.4, 0.5) is 23.2 Å². The third-order valence-corrected chi connectivity index (χ3v) is 4.88. The summed E-state index contributed by atoms with van der Waals surface area (Å²) in [6, 6.07) is 4.97. The van der Waals surface area contributed by atoms with Crippen LogP contribution >= 0.6 is 0 Å². The molecule has 1 aliphatic carbocycles. The first-order valence-corrected chi connectivity index (χ1v) is 8.35. The van der Waals surface area contributed by atoms with Crippen molar-refractivity contribution < 1.29 is 22.3 Å². The van der Waals surface area contributed by atoms with Gasteiger partial charge in [-0.25, -0.2) is 8.78 Å². The summed E-state index contributed by atoms with van der Waals surface area (Å²) in [7, 11) is 0. The second-order valence-corrected chi connectivity index (χ2v) is 6.58. The topological polar surface area (TPSA) is 24.5 Å². The van der Waals surface area contributed by atoms with Crippen molar-refractivity contribution in [2.45, 2.75) is 63.8 Å². The van der Waals surface area contributed by atoms with E-state index >= 15 is 0 Å². The molecular formula is C17H22F4N2O. The van der Waals surface area contributed by atoms with Crippen molar-refractivity contribution in [3.05, 3.63) is 23.8 Å². The standard InChI is InChI=1S/C17H22F4N2O/c1-10-9-23(14-5-3-2-4-13(14)22-10)11-6-7-15(24-17(20)21)12(8-11)16(18)19/h6-8,10,13-14,16-17,22H,2-5,9H2,1H3/t10-,13+,14+/m0/s1. The fraction of sp³-hybridized carbons (Fsp3) is 0.647. The van der Waals surface area contributed by atoms with Crippen LogP contribution in [0.1, 0.15) is 44.6 Å². The number of hydrogen-bond donors (Lipinski definition) is 1. The highest BCUT2D eigenvalue weighted by Gasteiger charge is 2.36. The van der Waals surface area contributed by atoms with Crippen LogP contribution in [-0.4, -0.2) is 31.3 Å². The maximum atomic E-state index is 13.3. The molecule has 0 unspecified atom stereocenters. The molecule has 2 fully saturated rings. The number of piperazine rings is 1. The second kappa shape index (κ2) is 7.17. The number of ether oxygens (including phenoxy) is 1. The molecule has 0 aromatic heterocycles. The minimum Gasteiger partial charge on any atom is -0.434 e. The first-order chi connectivity index (χ1) is 11.5. The van der Waals surface area contributed by atoms with Gasteiger partial charge in [0.05, 0.1) is 5.56 Å². The molecule has 1 aliphatic heterocycles. The first kappa shape index (κ1) is 17.3. The van der Waals surface area contributed by atoms with E-state index in [1.807, 2.05) is 0 Å². The number of nitrogens with one attached hydrogen (secondary N) is 1. The molecule has 7 heteroatoms. The molecule has 134 valence electrons. The summed E-state index contributed by atoms with van der Waals surface area (Å²) in [6.45, 7) is -0.339. The summed E-state index contributed by atoms with van der Waals surface area (Å²) < 4.78 is 55.6. The number of hydrogen-bond acceptors (Lipinski definition) is 3. The molecule has 0 amide bonds. The number of benzene rings is 1. The molecule has 1 aromatic rings. The Morgan fingerprint density at radius 2 is 1.92 bits per heavy atom. The third kappa shape index (κ3) is 3.61. The van der Waals surface area contributed by atoms with Gasteiger partial charge in [0.15, 0.2) is 0 Å². The van der Waals surface area contributed by atoms with Gasteiger partial charge in [-0.3, -0.25) is 0 Å². The van der Waals surface area contributed by atoms with Gasteiger partial charge < -0.3 is 15.0 Å². The summed E-state index contributed by atoms with van der Waals surface area (Å²) in [5.74, 6) is -0.452. The Morgan fingerprint density at radius 1 is 1.17 bits per heavy atom. The van der Waals surface area contributed by atoms with Crippen molar-refractivity contribution >= 4 is 5.69 Å². The van der Waals surface area contributed by atoms with Gasteiger partial charge in [-0.1, -0.05) is 12.8 Å². The van der Waals surface area contributed by atoms with Crippen LogP contribution in [-0.2, 0) is 0 Å². The van der Waals surface area contributed by atoms with Crippen LogP contribution in [0, 0.1) is 0 Å². The van der Waals surface area contributed by atoms with Crippen molar-refractivity contribution in [2.24, 2.45) is 0 Å². The molecule has 3 atom stereocenters. The predicted octanol–water partition coefficient (Wildman–Crippen LogP) is 4.33. The maximum absolute atomic E-state index is 13.3. The van der Waals surface area contributed by atoms with Crippen molar-refractivity contribution in [1.29, 1.82) is 0 Å². The molecule has 0 radical (unpaired) electrons. The van der Waals surface area contributed by atoms with Crippen LogP contribution < -0.4 is 15.0 Å². The Bertz CT molecular complexity index is 570. The van der Waals surface area contributed by atoms with Crippen LogP contribution in [0.15, 0.2) is 18.2 Å². The van der Waals surface area contributed by atoms with Crippen molar-refractivity contribution in [2.75, 3.05) is 11.4 Å². The van der Waals surface area contributed by atoms with Crippen LogP contribution in [0.25, 0.3) is 0 Å². The Kier molecular flexibility index (Phi) is 5.18. The van der Waals surface area contributed by atoms with Gasteiger partial charge in [0.1, 0.15) is 5.75 Å². The summed E-state index contributed by atoms with van der Waals surface area (Å²) in [4.78, 5) is 2.14. The summed E-state index contributed by atoms with van der Waals surface area (Å²) in [6.07, 6.45) is 1.49. The van der Waals surface area contributed by atoms with Gasteiger partial charge in [-0.05, 0) is 38.0 Å². The van der Waals surface area contributed by atoms with E-state index in [9.17, 15) is 17.6 Å². The minimum absolute atomic E-state index is 0.247. The Balaban J connectivity index is 1.91. The highest BCUT2D eigenvalue weighted by Crippen LogP contribution is 2.37. The van der Waals surface area contributed by atoms with E-state index in [2.05, 4.69) is 21.9 Å². The van der Waals surface area contributed by atoms with Crippen LogP contribution in [0.5, 0.6) is 5.75 Å². The summed E-state index contributed by atoms with van der Waals surface area (Å²) >= 11 is 0. The van der Waals surface area contributed by atoms with Gasteiger partial charge in [-0.15, -0.1) is 0 Å². The van der Waals surface area contributed by atoms with Crippen molar-refractivity contribution in [3.63, 3.8) is 0 Å². The first-order valence-electron chi connectivity index (χ1n) is 8.35. The molecule has 0 spiro atoms. The van der Waals surface area contributed by atoms with Gasteiger partial charge in [0, 0.05) is 30.4 Å². The zero-order valence-electron chi connectivity index (χ0n) is 13.5. The number of fused-ring (bicyclic) bond motifs is 1. The second-order valence-electron chi connectivity index (χ2n) is 6.58. The lowest BCUT2D eigenvalue weighted by atomic mass is 9.86. The average Bonchev–Trinajstić information content (AvgIpc) is 2.53. The van der Waals surface area contributed by atoms with E-state index in [0.717, 1.165) is 25.7 Å². The molecule has 24 heavy (non-hydrogen) atoms. The Morgan fingerprint density at radius 3 is 2.62 bits per heavy atom. The van der Waals surface area contributed by atoms with E-state index in [4.69, 9.17) is 0 Å². The van der Waals surface area contributed by atoms with Gasteiger partial charge in [-0.2, -0.15) is 8.78 Å². The molecule has 1 saturated carbocycles. The Hall–Kier alpha value is -1.50. The van der Waals surface area contributed by atoms with Gasteiger partial charge in [0.2, 0.25) is 0 Å². The van der Waals surface area contributed by atoms with E-state index < -0.39 is 24.3 Å². The molecule has 1 saturated heterocycles. The number of halogens is 4. The predicted molar refractivity (Wildman–Crippen MR) is 84.0 cm³/mol. The van der Waals surface area contributed by atoms with Crippen LogP contribution in [0.3, 0.4) is 0 Å².